The first-order chi connectivity index (χ1) is 6.33. The van der Waals surface area contributed by atoms with E-state index in [0.717, 1.165) is 37.0 Å². The molecule has 74 valence electrons. The van der Waals surface area contributed by atoms with E-state index in [-0.39, 0.29) is 0 Å². The van der Waals surface area contributed by atoms with Gasteiger partial charge in [0.2, 0.25) is 0 Å². The average Bonchev–Trinajstić information content (AvgIpc) is 2.51. The van der Waals surface area contributed by atoms with E-state index >= 15 is 0 Å². The molecule has 0 saturated heterocycles. The van der Waals surface area contributed by atoms with Crippen LogP contribution in [-0.2, 0) is 11.3 Å². The van der Waals surface area contributed by atoms with Gasteiger partial charge in [-0.25, -0.2) is 4.98 Å². The van der Waals surface area contributed by atoms with E-state index in [2.05, 4.69) is 15.7 Å². The van der Waals surface area contributed by atoms with Crippen molar-refractivity contribution in [1.82, 2.24) is 10.3 Å². The summed E-state index contributed by atoms with van der Waals surface area (Å²) in [6.45, 7) is 7.33. The number of nitrogens with zero attached hydrogens (tertiary/aromatic N) is 1. The van der Waals surface area contributed by atoms with E-state index in [1.54, 1.807) is 11.3 Å². The zero-order valence-corrected chi connectivity index (χ0v) is 8.99. The van der Waals surface area contributed by atoms with Gasteiger partial charge in [0.25, 0.3) is 0 Å². The first-order valence-electron chi connectivity index (χ1n) is 4.52. The molecule has 1 heterocycles. The third kappa shape index (κ3) is 4.36. The molecular weight excluding hydrogens is 184 g/mol. The Morgan fingerprint density at radius 1 is 1.62 bits per heavy atom. The summed E-state index contributed by atoms with van der Waals surface area (Å²) >= 11 is 1.69. The lowest BCUT2D eigenvalue weighted by atomic mass is 10.5. The van der Waals surface area contributed by atoms with Gasteiger partial charge in [0.05, 0.1) is 17.3 Å². The smallest absolute Gasteiger partial charge is 0.0897 e. The summed E-state index contributed by atoms with van der Waals surface area (Å²) in [6, 6.07) is 0. The van der Waals surface area contributed by atoms with Gasteiger partial charge < -0.3 is 10.1 Å². The van der Waals surface area contributed by atoms with Crippen molar-refractivity contribution in [3.05, 3.63) is 16.1 Å². The Hall–Kier alpha value is -0.450. The summed E-state index contributed by atoms with van der Waals surface area (Å²) in [5.74, 6) is 0. The minimum atomic E-state index is 0.777. The molecule has 4 heteroatoms. The fraction of sp³-hybridized carbons (Fsp3) is 0.667. The first-order valence-corrected chi connectivity index (χ1v) is 5.40. The van der Waals surface area contributed by atoms with Gasteiger partial charge in [0.15, 0.2) is 0 Å². The molecule has 0 aliphatic rings. The predicted octanol–water partition coefficient (Wildman–Crippen LogP) is 1.58. The van der Waals surface area contributed by atoms with Gasteiger partial charge in [-0.1, -0.05) is 0 Å². The average molecular weight is 200 g/mol. The second kappa shape index (κ2) is 6.07. The van der Waals surface area contributed by atoms with Crippen molar-refractivity contribution in [3.63, 3.8) is 0 Å². The van der Waals surface area contributed by atoms with Crippen molar-refractivity contribution >= 4 is 11.3 Å². The van der Waals surface area contributed by atoms with Gasteiger partial charge in [0, 0.05) is 25.1 Å². The second-order valence-corrected chi connectivity index (χ2v) is 3.79. The van der Waals surface area contributed by atoms with Crippen molar-refractivity contribution < 1.29 is 4.74 Å². The van der Waals surface area contributed by atoms with Gasteiger partial charge in [-0.05, 0) is 13.8 Å². The Bertz CT molecular complexity index is 237. The van der Waals surface area contributed by atoms with E-state index in [9.17, 15) is 0 Å². The van der Waals surface area contributed by atoms with E-state index < -0.39 is 0 Å². The molecule has 0 saturated carbocycles. The molecule has 1 N–H and O–H groups in total. The summed E-state index contributed by atoms with van der Waals surface area (Å²) < 4.78 is 5.20. The standard InChI is InChI=1S/C9H16N2OS/c1-3-12-5-4-10-6-9-7-13-8(2)11-9/h7,10H,3-6H2,1-2H3. The van der Waals surface area contributed by atoms with Crippen LogP contribution in [0.4, 0.5) is 0 Å². The van der Waals surface area contributed by atoms with Crippen LogP contribution >= 0.6 is 11.3 Å². The number of ether oxygens (including phenoxy) is 1. The van der Waals surface area contributed by atoms with Gasteiger partial charge in [-0.15, -0.1) is 11.3 Å². The molecule has 0 bridgehead atoms. The van der Waals surface area contributed by atoms with Crippen LogP contribution in [0.5, 0.6) is 0 Å². The molecule has 3 nitrogen and oxygen atoms in total. The largest absolute Gasteiger partial charge is 0.380 e. The molecule has 0 amide bonds. The fourth-order valence-electron chi connectivity index (χ4n) is 0.995. The predicted molar refractivity (Wildman–Crippen MR) is 55.1 cm³/mol. The quantitative estimate of drug-likeness (QED) is 0.708. The maximum absolute atomic E-state index is 5.20. The van der Waals surface area contributed by atoms with Crippen LogP contribution in [-0.4, -0.2) is 24.7 Å². The number of rotatable bonds is 6. The van der Waals surface area contributed by atoms with Crippen molar-refractivity contribution in [2.24, 2.45) is 0 Å². The first kappa shape index (κ1) is 10.6. The maximum Gasteiger partial charge on any atom is 0.0897 e. The highest BCUT2D eigenvalue weighted by molar-refractivity contribution is 7.09. The van der Waals surface area contributed by atoms with E-state index in [1.165, 1.54) is 0 Å². The van der Waals surface area contributed by atoms with Gasteiger partial charge in [0.1, 0.15) is 0 Å². The highest BCUT2D eigenvalue weighted by Crippen LogP contribution is 2.06. The molecule has 1 aromatic heterocycles. The Morgan fingerprint density at radius 2 is 2.46 bits per heavy atom. The highest BCUT2D eigenvalue weighted by Gasteiger charge is 1.96. The monoisotopic (exact) mass is 200 g/mol. The highest BCUT2D eigenvalue weighted by atomic mass is 32.1. The van der Waals surface area contributed by atoms with Crippen molar-refractivity contribution in [3.8, 4) is 0 Å². The molecule has 0 fully saturated rings. The molecule has 0 atom stereocenters. The maximum atomic E-state index is 5.20. The van der Waals surface area contributed by atoms with Crippen LogP contribution in [0.25, 0.3) is 0 Å². The van der Waals surface area contributed by atoms with Crippen LogP contribution in [0.15, 0.2) is 5.38 Å². The minimum absolute atomic E-state index is 0.777. The van der Waals surface area contributed by atoms with Crippen LogP contribution in [0, 0.1) is 6.92 Å². The zero-order valence-electron chi connectivity index (χ0n) is 8.17. The van der Waals surface area contributed by atoms with Crippen molar-refractivity contribution in [2.75, 3.05) is 19.8 Å². The molecular formula is C9H16N2OS. The molecule has 0 unspecified atom stereocenters. The fourth-order valence-corrected chi connectivity index (χ4v) is 1.61. The molecule has 13 heavy (non-hydrogen) atoms. The molecule has 0 aromatic carbocycles. The molecule has 1 rings (SSSR count). The van der Waals surface area contributed by atoms with E-state index in [1.807, 2.05) is 13.8 Å². The number of hydrogen-bond donors (Lipinski definition) is 1. The Balaban J connectivity index is 2.06. The Morgan fingerprint density at radius 3 is 3.08 bits per heavy atom. The molecule has 1 aromatic rings. The summed E-state index contributed by atoms with van der Waals surface area (Å²) in [7, 11) is 0. The number of thiazole rings is 1. The van der Waals surface area contributed by atoms with Crippen molar-refractivity contribution in [2.45, 2.75) is 20.4 Å². The van der Waals surface area contributed by atoms with Crippen molar-refractivity contribution in [1.29, 1.82) is 0 Å². The lowest BCUT2D eigenvalue weighted by Gasteiger charge is -2.01. The Kier molecular flexibility index (Phi) is 4.97. The van der Waals surface area contributed by atoms with Crippen LogP contribution in [0.3, 0.4) is 0 Å². The molecule has 0 spiro atoms. The van der Waals surface area contributed by atoms with Crippen LogP contribution in [0.1, 0.15) is 17.6 Å². The lowest BCUT2D eigenvalue weighted by Crippen LogP contribution is -2.19. The molecule has 0 aliphatic carbocycles. The van der Waals surface area contributed by atoms with E-state index in [4.69, 9.17) is 4.74 Å². The summed E-state index contributed by atoms with van der Waals surface area (Å²) in [6.07, 6.45) is 0. The number of aryl methyl sites for hydroxylation is 1. The van der Waals surface area contributed by atoms with Gasteiger partial charge in [-0.3, -0.25) is 0 Å². The zero-order chi connectivity index (χ0) is 9.52. The Labute approximate surface area is 83.1 Å². The topological polar surface area (TPSA) is 34.1 Å². The second-order valence-electron chi connectivity index (χ2n) is 2.73. The third-order valence-corrected chi connectivity index (χ3v) is 2.42. The number of nitrogens with one attached hydrogen (secondary N) is 1. The summed E-state index contributed by atoms with van der Waals surface area (Å²) in [4.78, 5) is 4.34. The number of hydrogen-bond acceptors (Lipinski definition) is 4. The minimum Gasteiger partial charge on any atom is -0.380 e. The van der Waals surface area contributed by atoms with Crippen LogP contribution in [0.2, 0.25) is 0 Å². The van der Waals surface area contributed by atoms with Crippen LogP contribution < -0.4 is 5.32 Å². The van der Waals surface area contributed by atoms with Gasteiger partial charge in [-0.2, -0.15) is 0 Å². The number of aromatic nitrogens is 1. The molecule has 0 aliphatic heterocycles. The normalized spacial score (nSPS) is 10.6. The third-order valence-electron chi connectivity index (χ3n) is 1.60. The molecule has 0 radical (unpaired) electrons. The van der Waals surface area contributed by atoms with Gasteiger partial charge >= 0.3 is 0 Å². The lowest BCUT2D eigenvalue weighted by molar-refractivity contribution is 0.149. The van der Waals surface area contributed by atoms with E-state index in [0.29, 0.717) is 0 Å². The SMILES string of the molecule is CCOCCNCc1csc(C)n1. The summed E-state index contributed by atoms with van der Waals surface area (Å²) in [5.41, 5.74) is 1.12. The summed E-state index contributed by atoms with van der Waals surface area (Å²) in [5, 5.41) is 6.48.